The van der Waals surface area contributed by atoms with Crippen molar-refractivity contribution in [3.05, 3.63) is 35.9 Å². The van der Waals surface area contributed by atoms with Gasteiger partial charge in [0.1, 0.15) is 6.04 Å². The zero-order valence-electron chi connectivity index (χ0n) is 8.64. The van der Waals surface area contributed by atoms with Gasteiger partial charge in [0, 0.05) is 6.42 Å². The van der Waals surface area contributed by atoms with Gasteiger partial charge in [-0.25, -0.2) is 10.6 Å². The number of nitrogens with one attached hydrogen (secondary N) is 2. The molecule has 6 nitrogen and oxygen atoms in total. The van der Waals surface area contributed by atoms with E-state index in [-0.39, 0.29) is 0 Å². The molecule has 0 radical (unpaired) electrons. The second-order valence-electron chi connectivity index (χ2n) is 3.26. The number of hydrazine groups is 1. The van der Waals surface area contributed by atoms with E-state index >= 15 is 0 Å². The van der Waals surface area contributed by atoms with E-state index in [9.17, 15) is 9.59 Å². The van der Waals surface area contributed by atoms with Crippen molar-refractivity contribution in [1.82, 2.24) is 10.7 Å². The summed E-state index contributed by atoms with van der Waals surface area (Å²) in [6.07, 6.45) is 0.340. The average Bonchev–Trinajstić information content (AvgIpc) is 2.28. The molecule has 86 valence electrons. The quantitative estimate of drug-likeness (QED) is 0.306. The van der Waals surface area contributed by atoms with Gasteiger partial charge in [-0.1, -0.05) is 30.3 Å². The number of carbonyl (C=O) groups is 2. The van der Waals surface area contributed by atoms with Crippen molar-refractivity contribution >= 4 is 11.9 Å². The second kappa shape index (κ2) is 5.72. The molecule has 1 atom stereocenters. The Labute approximate surface area is 93.0 Å². The van der Waals surface area contributed by atoms with Crippen LogP contribution >= 0.6 is 0 Å². The first-order valence-corrected chi connectivity index (χ1v) is 4.74. The summed E-state index contributed by atoms with van der Waals surface area (Å²) in [7, 11) is 0. The summed E-state index contributed by atoms with van der Waals surface area (Å²) in [5.74, 6) is 4.53. The topological polar surface area (TPSA) is 110 Å². The van der Waals surface area contributed by atoms with Crippen LogP contribution in [0.1, 0.15) is 5.56 Å². The van der Waals surface area contributed by atoms with Gasteiger partial charge in [0.25, 0.3) is 5.91 Å². The minimum Gasteiger partial charge on any atom is -0.352 e. The maximum Gasteiger partial charge on any atom is 0.312 e. The number of hydrogen-bond acceptors (Lipinski definition) is 3. The lowest BCUT2D eigenvalue weighted by molar-refractivity contribution is -0.122. The molecule has 0 aliphatic heterocycles. The van der Waals surface area contributed by atoms with Crippen molar-refractivity contribution in [2.75, 3.05) is 0 Å². The molecule has 1 unspecified atom stereocenters. The third kappa shape index (κ3) is 3.58. The highest BCUT2D eigenvalue weighted by Crippen LogP contribution is 2.03. The lowest BCUT2D eigenvalue weighted by atomic mass is 10.1. The minimum atomic E-state index is -0.760. The summed E-state index contributed by atoms with van der Waals surface area (Å²) in [5.41, 5.74) is 7.86. The number of carbonyl (C=O) groups excluding carboxylic acids is 2. The van der Waals surface area contributed by atoms with Crippen LogP contribution in [-0.4, -0.2) is 18.0 Å². The average molecular weight is 222 g/mol. The first kappa shape index (κ1) is 12.0. The molecule has 0 bridgehead atoms. The van der Waals surface area contributed by atoms with Crippen molar-refractivity contribution < 1.29 is 9.59 Å². The maximum atomic E-state index is 11.3. The molecule has 1 aromatic rings. The van der Waals surface area contributed by atoms with E-state index in [1.807, 2.05) is 35.8 Å². The van der Waals surface area contributed by atoms with E-state index in [1.165, 1.54) is 0 Å². The summed E-state index contributed by atoms with van der Waals surface area (Å²) >= 11 is 0. The van der Waals surface area contributed by atoms with Crippen molar-refractivity contribution in [1.29, 1.82) is 0 Å². The number of amides is 3. The van der Waals surface area contributed by atoms with Gasteiger partial charge in [-0.15, -0.1) is 0 Å². The van der Waals surface area contributed by atoms with Crippen LogP contribution in [0, 0.1) is 0 Å². The van der Waals surface area contributed by atoms with E-state index in [1.54, 1.807) is 0 Å². The Kier molecular flexibility index (Phi) is 4.28. The number of rotatable bonds is 4. The van der Waals surface area contributed by atoms with Crippen LogP contribution in [0.5, 0.6) is 0 Å². The fraction of sp³-hybridized carbons (Fsp3) is 0.200. The monoisotopic (exact) mass is 222 g/mol. The summed E-state index contributed by atoms with van der Waals surface area (Å²) in [6.45, 7) is 0. The first-order chi connectivity index (χ1) is 7.63. The summed E-state index contributed by atoms with van der Waals surface area (Å²) in [6, 6.07) is 7.73. The lowest BCUT2D eigenvalue weighted by Crippen LogP contribution is -2.51. The van der Waals surface area contributed by atoms with Crippen molar-refractivity contribution in [2.24, 2.45) is 11.6 Å². The highest BCUT2D eigenvalue weighted by Gasteiger charge is 2.18. The van der Waals surface area contributed by atoms with Crippen molar-refractivity contribution in [3.8, 4) is 0 Å². The maximum absolute atomic E-state index is 11.3. The van der Waals surface area contributed by atoms with Gasteiger partial charge >= 0.3 is 6.03 Å². The summed E-state index contributed by atoms with van der Waals surface area (Å²) in [5, 5.41) is 2.33. The molecule has 6 N–H and O–H groups in total. The highest BCUT2D eigenvalue weighted by molar-refractivity contribution is 5.86. The summed E-state index contributed by atoms with van der Waals surface area (Å²) < 4.78 is 0. The van der Waals surface area contributed by atoms with Gasteiger partial charge < -0.3 is 11.1 Å². The normalized spacial score (nSPS) is 11.6. The molecule has 0 saturated heterocycles. The third-order valence-corrected chi connectivity index (χ3v) is 2.06. The van der Waals surface area contributed by atoms with E-state index in [2.05, 4.69) is 5.32 Å². The van der Waals surface area contributed by atoms with Crippen LogP contribution in [0.4, 0.5) is 4.79 Å². The molecule has 0 aliphatic rings. The van der Waals surface area contributed by atoms with Gasteiger partial charge in [0.2, 0.25) is 0 Å². The van der Waals surface area contributed by atoms with Gasteiger partial charge in [-0.3, -0.25) is 10.2 Å². The van der Waals surface area contributed by atoms with Gasteiger partial charge in [-0.05, 0) is 5.56 Å². The van der Waals surface area contributed by atoms with E-state index in [4.69, 9.17) is 11.6 Å². The molecule has 0 spiro atoms. The molecule has 1 aromatic carbocycles. The fourth-order valence-electron chi connectivity index (χ4n) is 1.33. The third-order valence-electron chi connectivity index (χ3n) is 2.06. The van der Waals surface area contributed by atoms with Crippen molar-refractivity contribution in [2.45, 2.75) is 12.5 Å². The Hall–Kier alpha value is -2.08. The Balaban J connectivity index is 2.70. The van der Waals surface area contributed by atoms with Crippen LogP contribution in [0.25, 0.3) is 0 Å². The molecule has 0 fully saturated rings. The molecule has 0 heterocycles. The number of primary amides is 1. The Morgan fingerprint density at radius 1 is 1.25 bits per heavy atom. The molecule has 0 aliphatic carbocycles. The van der Waals surface area contributed by atoms with Crippen LogP contribution in [-0.2, 0) is 11.2 Å². The van der Waals surface area contributed by atoms with E-state index in [0.717, 1.165) is 5.56 Å². The minimum absolute atomic E-state index is 0.340. The lowest BCUT2D eigenvalue weighted by Gasteiger charge is -2.15. The molecular weight excluding hydrogens is 208 g/mol. The number of urea groups is 1. The zero-order chi connectivity index (χ0) is 12.0. The molecule has 0 aromatic heterocycles. The largest absolute Gasteiger partial charge is 0.352 e. The van der Waals surface area contributed by atoms with Crippen LogP contribution in [0.3, 0.4) is 0 Å². The fourth-order valence-corrected chi connectivity index (χ4v) is 1.33. The molecule has 3 amide bonds. The molecule has 1 rings (SSSR count). The van der Waals surface area contributed by atoms with Gasteiger partial charge in [0.05, 0.1) is 0 Å². The zero-order valence-corrected chi connectivity index (χ0v) is 8.64. The number of hydrogen-bond donors (Lipinski definition) is 4. The predicted molar refractivity (Wildman–Crippen MR) is 59.0 cm³/mol. The molecule has 6 heteroatoms. The smallest absolute Gasteiger partial charge is 0.312 e. The van der Waals surface area contributed by atoms with Gasteiger partial charge in [-0.2, -0.15) is 0 Å². The Morgan fingerprint density at radius 3 is 2.38 bits per heavy atom. The van der Waals surface area contributed by atoms with Crippen molar-refractivity contribution in [3.63, 3.8) is 0 Å². The van der Waals surface area contributed by atoms with Crippen LogP contribution in [0.15, 0.2) is 30.3 Å². The summed E-state index contributed by atoms with van der Waals surface area (Å²) in [4.78, 5) is 22.1. The Bertz CT molecular complexity index is 366. The number of nitrogens with two attached hydrogens (primary N) is 2. The van der Waals surface area contributed by atoms with Crippen LogP contribution in [0.2, 0.25) is 0 Å². The molecule has 16 heavy (non-hydrogen) atoms. The van der Waals surface area contributed by atoms with E-state index in [0.29, 0.717) is 6.42 Å². The van der Waals surface area contributed by atoms with Gasteiger partial charge in [0.15, 0.2) is 0 Å². The predicted octanol–water partition coefficient (Wildman–Crippen LogP) is -0.744. The second-order valence-corrected chi connectivity index (χ2v) is 3.26. The first-order valence-electron chi connectivity index (χ1n) is 4.74. The van der Waals surface area contributed by atoms with E-state index < -0.39 is 18.0 Å². The molecular formula is C10H14N4O2. The number of benzene rings is 1. The molecule has 0 saturated carbocycles. The highest BCUT2D eigenvalue weighted by atomic mass is 16.2. The Morgan fingerprint density at radius 2 is 1.88 bits per heavy atom. The van der Waals surface area contributed by atoms with Crippen LogP contribution < -0.4 is 22.3 Å². The SMILES string of the molecule is NNC(=O)C(Cc1ccccc1)NC(N)=O. The standard InChI is InChI=1S/C10H14N4O2/c11-10(16)13-8(9(15)14-12)6-7-4-2-1-3-5-7/h1-5,8H,6,12H2,(H,14,15)(H3,11,13,16).